The molecule has 2 aromatic rings. The summed E-state index contributed by atoms with van der Waals surface area (Å²) in [6.45, 7) is 3.98. The highest BCUT2D eigenvalue weighted by Crippen LogP contribution is 2.18. The summed E-state index contributed by atoms with van der Waals surface area (Å²) in [5.74, 6) is 0.480. The Labute approximate surface area is 111 Å². The Hall–Kier alpha value is -1.79. The van der Waals surface area contributed by atoms with Crippen molar-refractivity contribution in [2.24, 2.45) is 0 Å². The number of methoxy groups -OCH3 is 1. The number of ether oxygens (including phenoxy) is 1. The number of aromatic amines is 1. The maximum Gasteiger partial charge on any atom is 0.141 e. The van der Waals surface area contributed by atoms with Crippen LogP contribution in [0.1, 0.15) is 11.5 Å². The minimum atomic E-state index is -0.349. The zero-order valence-corrected chi connectivity index (χ0v) is 11.0. The Morgan fingerprint density at radius 3 is 2.95 bits per heavy atom. The van der Waals surface area contributed by atoms with Crippen molar-refractivity contribution < 1.29 is 9.13 Å². The zero-order valence-electron chi connectivity index (χ0n) is 11.0. The van der Waals surface area contributed by atoms with E-state index in [0.717, 1.165) is 23.8 Å². The highest BCUT2D eigenvalue weighted by atomic mass is 19.1. The van der Waals surface area contributed by atoms with E-state index >= 15 is 0 Å². The Morgan fingerprint density at radius 2 is 2.26 bits per heavy atom. The molecule has 0 aliphatic rings. The van der Waals surface area contributed by atoms with E-state index < -0.39 is 0 Å². The SMILES string of the molecule is COCCNCc1nc(-c2ccc(F)cn2)c(C)[nH]1. The fourth-order valence-electron chi connectivity index (χ4n) is 1.75. The third kappa shape index (κ3) is 3.59. The molecular formula is C13H17FN4O. The maximum absolute atomic E-state index is 12.8. The molecule has 0 unspecified atom stereocenters. The first kappa shape index (κ1) is 13.6. The van der Waals surface area contributed by atoms with Crippen LogP contribution in [0.5, 0.6) is 0 Å². The summed E-state index contributed by atoms with van der Waals surface area (Å²) in [5, 5.41) is 3.20. The molecule has 102 valence electrons. The van der Waals surface area contributed by atoms with Crippen molar-refractivity contribution >= 4 is 0 Å². The van der Waals surface area contributed by atoms with Crippen LogP contribution in [0.25, 0.3) is 11.4 Å². The molecule has 2 rings (SSSR count). The second kappa shape index (κ2) is 6.40. The number of nitrogens with zero attached hydrogens (tertiary/aromatic N) is 2. The van der Waals surface area contributed by atoms with E-state index in [1.54, 1.807) is 13.2 Å². The number of pyridine rings is 1. The van der Waals surface area contributed by atoms with Crippen molar-refractivity contribution in [2.45, 2.75) is 13.5 Å². The van der Waals surface area contributed by atoms with E-state index in [2.05, 4.69) is 20.3 Å². The molecule has 19 heavy (non-hydrogen) atoms. The normalized spacial score (nSPS) is 10.9. The van der Waals surface area contributed by atoms with Crippen LogP contribution in [0.3, 0.4) is 0 Å². The Bertz CT molecular complexity index is 524. The Morgan fingerprint density at radius 1 is 1.42 bits per heavy atom. The van der Waals surface area contributed by atoms with Gasteiger partial charge in [-0.25, -0.2) is 9.37 Å². The number of halogens is 1. The van der Waals surface area contributed by atoms with Crippen molar-refractivity contribution in [3.8, 4) is 11.4 Å². The number of rotatable bonds is 6. The fourth-order valence-corrected chi connectivity index (χ4v) is 1.75. The van der Waals surface area contributed by atoms with Gasteiger partial charge in [0.15, 0.2) is 0 Å². The van der Waals surface area contributed by atoms with Gasteiger partial charge in [0, 0.05) is 19.3 Å². The zero-order chi connectivity index (χ0) is 13.7. The van der Waals surface area contributed by atoms with Gasteiger partial charge in [0.1, 0.15) is 17.3 Å². The van der Waals surface area contributed by atoms with Crippen molar-refractivity contribution in [3.05, 3.63) is 35.7 Å². The van der Waals surface area contributed by atoms with Crippen LogP contribution in [-0.4, -0.2) is 35.2 Å². The Kier molecular flexibility index (Phi) is 4.59. The van der Waals surface area contributed by atoms with Crippen LogP contribution in [0.4, 0.5) is 4.39 Å². The van der Waals surface area contributed by atoms with E-state index in [9.17, 15) is 4.39 Å². The van der Waals surface area contributed by atoms with E-state index in [1.165, 1.54) is 12.3 Å². The van der Waals surface area contributed by atoms with Gasteiger partial charge in [-0.15, -0.1) is 0 Å². The molecule has 2 N–H and O–H groups in total. The van der Waals surface area contributed by atoms with Crippen LogP contribution < -0.4 is 5.32 Å². The molecule has 0 aliphatic carbocycles. The van der Waals surface area contributed by atoms with Gasteiger partial charge < -0.3 is 15.0 Å². The number of aryl methyl sites for hydroxylation is 1. The van der Waals surface area contributed by atoms with Gasteiger partial charge in [-0.3, -0.25) is 4.98 Å². The number of hydrogen-bond donors (Lipinski definition) is 2. The lowest BCUT2D eigenvalue weighted by molar-refractivity contribution is 0.199. The number of imidazole rings is 1. The van der Waals surface area contributed by atoms with E-state index in [-0.39, 0.29) is 5.82 Å². The van der Waals surface area contributed by atoms with Crippen molar-refractivity contribution in [1.82, 2.24) is 20.3 Å². The van der Waals surface area contributed by atoms with E-state index in [4.69, 9.17) is 4.74 Å². The summed E-state index contributed by atoms with van der Waals surface area (Å²) >= 11 is 0. The standard InChI is InChI=1S/C13H17FN4O/c1-9-13(11-4-3-10(14)7-16-11)18-12(17-9)8-15-5-6-19-2/h3-4,7,15H,5-6,8H2,1-2H3,(H,17,18). The summed E-state index contributed by atoms with van der Waals surface area (Å²) in [7, 11) is 1.66. The quantitative estimate of drug-likeness (QED) is 0.779. The van der Waals surface area contributed by atoms with Crippen molar-refractivity contribution in [1.29, 1.82) is 0 Å². The molecule has 0 spiro atoms. The molecule has 0 amide bonds. The third-order valence-electron chi connectivity index (χ3n) is 2.68. The summed E-state index contributed by atoms with van der Waals surface area (Å²) in [4.78, 5) is 11.7. The number of hydrogen-bond acceptors (Lipinski definition) is 4. The molecule has 0 atom stereocenters. The smallest absolute Gasteiger partial charge is 0.141 e. The molecule has 0 saturated carbocycles. The minimum absolute atomic E-state index is 0.349. The van der Waals surface area contributed by atoms with Crippen molar-refractivity contribution in [3.63, 3.8) is 0 Å². The van der Waals surface area contributed by atoms with Crippen LogP contribution in [-0.2, 0) is 11.3 Å². The van der Waals surface area contributed by atoms with Gasteiger partial charge in [0.05, 0.1) is 25.0 Å². The summed E-state index contributed by atoms with van der Waals surface area (Å²) < 4.78 is 17.8. The molecule has 0 bridgehead atoms. The molecular weight excluding hydrogens is 247 g/mol. The van der Waals surface area contributed by atoms with Gasteiger partial charge in [0.2, 0.25) is 0 Å². The third-order valence-corrected chi connectivity index (χ3v) is 2.68. The Balaban J connectivity index is 2.06. The molecule has 0 aromatic carbocycles. The molecule has 0 fully saturated rings. The monoisotopic (exact) mass is 264 g/mol. The first-order valence-corrected chi connectivity index (χ1v) is 6.07. The first-order valence-electron chi connectivity index (χ1n) is 6.07. The topological polar surface area (TPSA) is 62.8 Å². The van der Waals surface area contributed by atoms with E-state index in [0.29, 0.717) is 18.8 Å². The van der Waals surface area contributed by atoms with Crippen LogP contribution in [0, 0.1) is 12.7 Å². The second-order valence-corrected chi connectivity index (χ2v) is 4.19. The fraction of sp³-hybridized carbons (Fsp3) is 0.385. The van der Waals surface area contributed by atoms with Crippen LogP contribution in [0.2, 0.25) is 0 Å². The molecule has 0 aliphatic heterocycles. The van der Waals surface area contributed by atoms with Gasteiger partial charge >= 0.3 is 0 Å². The first-order chi connectivity index (χ1) is 9.20. The predicted octanol–water partition coefficient (Wildman–Crippen LogP) is 1.66. The minimum Gasteiger partial charge on any atom is -0.383 e. The van der Waals surface area contributed by atoms with Gasteiger partial charge in [-0.1, -0.05) is 0 Å². The van der Waals surface area contributed by atoms with Gasteiger partial charge in [0.25, 0.3) is 0 Å². The molecule has 0 saturated heterocycles. The predicted molar refractivity (Wildman–Crippen MR) is 70.1 cm³/mol. The van der Waals surface area contributed by atoms with Crippen LogP contribution >= 0.6 is 0 Å². The largest absolute Gasteiger partial charge is 0.383 e. The lowest BCUT2D eigenvalue weighted by atomic mass is 10.2. The molecule has 0 radical (unpaired) electrons. The number of H-pyrrole nitrogens is 1. The average Bonchev–Trinajstić information content (AvgIpc) is 2.77. The lowest BCUT2D eigenvalue weighted by Gasteiger charge is -2.00. The lowest BCUT2D eigenvalue weighted by Crippen LogP contribution is -2.19. The summed E-state index contributed by atoms with van der Waals surface area (Å²) in [5.41, 5.74) is 2.34. The number of nitrogens with one attached hydrogen (secondary N) is 2. The average molecular weight is 264 g/mol. The molecule has 2 heterocycles. The number of aromatic nitrogens is 3. The molecule has 2 aromatic heterocycles. The highest BCUT2D eigenvalue weighted by Gasteiger charge is 2.09. The molecule has 6 heteroatoms. The second-order valence-electron chi connectivity index (χ2n) is 4.19. The van der Waals surface area contributed by atoms with Gasteiger partial charge in [-0.05, 0) is 19.1 Å². The van der Waals surface area contributed by atoms with Gasteiger partial charge in [-0.2, -0.15) is 0 Å². The maximum atomic E-state index is 12.8. The summed E-state index contributed by atoms with van der Waals surface area (Å²) in [6.07, 6.45) is 1.19. The molecule has 5 nitrogen and oxygen atoms in total. The summed E-state index contributed by atoms with van der Waals surface area (Å²) in [6, 6.07) is 3.01. The highest BCUT2D eigenvalue weighted by molar-refractivity contribution is 5.56. The van der Waals surface area contributed by atoms with Crippen LogP contribution in [0.15, 0.2) is 18.3 Å². The van der Waals surface area contributed by atoms with Crippen molar-refractivity contribution in [2.75, 3.05) is 20.3 Å². The van der Waals surface area contributed by atoms with E-state index in [1.807, 2.05) is 6.92 Å².